The maximum atomic E-state index is 12.4. The fourth-order valence-electron chi connectivity index (χ4n) is 3.37. The minimum absolute atomic E-state index is 0.222. The van der Waals surface area contributed by atoms with E-state index in [-0.39, 0.29) is 17.7 Å². The molecule has 1 saturated heterocycles. The molecule has 0 aliphatic carbocycles. The van der Waals surface area contributed by atoms with E-state index < -0.39 is 0 Å². The van der Waals surface area contributed by atoms with E-state index in [1.165, 1.54) is 7.05 Å². The first kappa shape index (κ1) is 17.7. The van der Waals surface area contributed by atoms with Gasteiger partial charge >= 0.3 is 0 Å². The van der Waals surface area contributed by atoms with Gasteiger partial charge in [-0.05, 0) is 18.2 Å². The third-order valence-corrected chi connectivity index (χ3v) is 4.94. The Kier molecular flexibility index (Phi) is 4.53. The van der Waals surface area contributed by atoms with Crippen molar-refractivity contribution in [3.05, 3.63) is 59.3 Å². The highest BCUT2D eigenvalue weighted by Gasteiger charge is 2.37. The number of carbonyl (C=O) groups excluding carboxylic acids is 3. The monoisotopic (exact) mass is 374 g/mol. The molecule has 3 heterocycles. The van der Waals surface area contributed by atoms with Crippen LogP contribution in [0.1, 0.15) is 26.3 Å². The Morgan fingerprint density at radius 2 is 1.71 bits per heavy atom. The summed E-state index contributed by atoms with van der Waals surface area (Å²) in [5.41, 5.74) is 1.52. The number of amides is 3. The number of imide groups is 1. The van der Waals surface area contributed by atoms with Crippen LogP contribution >= 0.6 is 0 Å². The van der Waals surface area contributed by atoms with Crippen molar-refractivity contribution < 1.29 is 14.4 Å². The molecule has 1 aromatic heterocycles. The van der Waals surface area contributed by atoms with Crippen LogP contribution in [-0.4, -0.2) is 65.7 Å². The van der Waals surface area contributed by atoms with E-state index >= 15 is 0 Å². The lowest BCUT2D eigenvalue weighted by Gasteiger charge is -2.35. The fraction of sp³-hybridized carbons (Fsp3) is 0.238. The second-order valence-corrected chi connectivity index (χ2v) is 6.62. The van der Waals surface area contributed by atoms with E-state index in [4.69, 9.17) is 0 Å². The molecule has 7 nitrogen and oxygen atoms in total. The number of fused-ring (bicyclic) bond motifs is 1. The molecule has 4 rings (SSSR count). The van der Waals surface area contributed by atoms with Crippen LogP contribution in [0.15, 0.2) is 42.6 Å². The topological polar surface area (TPSA) is 73.8 Å². The number of hydrogen-bond donors (Lipinski definition) is 0. The summed E-state index contributed by atoms with van der Waals surface area (Å²) in [6, 6.07) is 10.9. The number of anilines is 1. The average molecular weight is 374 g/mol. The minimum atomic E-state index is -0.338. The smallest absolute Gasteiger partial charge is 0.298 e. The van der Waals surface area contributed by atoms with Gasteiger partial charge < -0.3 is 9.80 Å². The van der Waals surface area contributed by atoms with Gasteiger partial charge in [-0.15, -0.1) is 0 Å². The Morgan fingerprint density at radius 3 is 2.43 bits per heavy atom. The summed E-state index contributed by atoms with van der Waals surface area (Å²) in [7, 11) is 1.47. The highest BCUT2D eigenvalue weighted by atomic mass is 16.2. The Hall–Kier alpha value is -3.66. The van der Waals surface area contributed by atoms with E-state index in [9.17, 15) is 14.4 Å². The molecule has 0 bridgehead atoms. The molecule has 1 aromatic carbocycles. The second kappa shape index (κ2) is 7.16. The molecule has 2 aliphatic rings. The Bertz CT molecular complexity index is 1010. The summed E-state index contributed by atoms with van der Waals surface area (Å²) < 4.78 is 0. The van der Waals surface area contributed by atoms with Crippen LogP contribution in [0.2, 0.25) is 0 Å². The van der Waals surface area contributed by atoms with E-state index in [0.29, 0.717) is 43.1 Å². The molecule has 0 saturated carbocycles. The standard InChI is InChI=1S/C21H18N4O3/c1-23-20(27)16-9-10-22-19(18(16)21(23)28)25-13-11-24(12-14-25)17(26)8-7-15-5-3-2-4-6-15/h2-6,9-10H,11-14H2,1H3. The molecule has 2 aliphatic heterocycles. The highest BCUT2D eigenvalue weighted by molar-refractivity contribution is 6.23. The van der Waals surface area contributed by atoms with Crippen molar-refractivity contribution in [3.8, 4) is 11.8 Å². The molecule has 0 radical (unpaired) electrons. The largest absolute Gasteiger partial charge is 0.352 e. The summed E-state index contributed by atoms with van der Waals surface area (Å²) in [6.07, 6.45) is 1.54. The van der Waals surface area contributed by atoms with Gasteiger partial charge in [-0.25, -0.2) is 4.98 Å². The number of carbonyl (C=O) groups is 3. The van der Waals surface area contributed by atoms with Crippen molar-refractivity contribution in [2.24, 2.45) is 0 Å². The quantitative estimate of drug-likeness (QED) is 0.550. The molecule has 0 N–H and O–H groups in total. The van der Waals surface area contributed by atoms with Gasteiger partial charge in [0, 0.05) is 50.9 Å². The van der Waals surface area contributed by atoms with Crippen molar-refractivity contribution in [1.29, 1.82) is 0 Å². The van der Waals surface area contributed by atoms with Crippen molar-refractivity contribution in [3.63, 3.8) is 0 Å². The lowest BCUT2D eigenvalue weighted by atomic mass is 10.1. The number of benzene rings is 1. The lowest BCUT2D eigenvalue weighted by Crippen LogP contribution is -2.49. The molecule has 0 unspecified atom stereocenters. The number of pyridine rings is 1. The minimum Gasteiger partial charge on any atom is -0.352 e. The Labute approximate surface area is 162 Å². The van der Waals surface area contributed by atoms with Gasteiger partial charge in [0.15, 0.2) is 0 Å². The zero-order valence-corrected chi connectivity index (χ0v) is 15.4. The zero-order chi connectivity index (χ0) is 19.7. The number of piperazine rings is 1. The molecule has 28 heavy (non-hydrogen) atoms. The van der Waals surface area contributed by atoms with Crippen molar-refractivity contribution in [1.82, 2.24) is 14.8 Å². The molecule has 0 atom stereocenters. The number of rotatable bonds is 1. The van der Waals surface area contributed by atoms with E-state index in [0.717, 1.165) is 10.5 Å². The van der Waals surface area contributed by atoms with Crippen molar-refractivity contribution in [2.75, 3.05) is 38.1 Å². The van der Waals surface area contributed by atoms with E-state index in [2.05, 4.69) is 16.8 Å². The van der Waals surface area contributed by atoms with Crippen LogP contribution in [0.5, 0.6) is 0 Å². The maximum Gasteiger partial charge on any atom is 0.298 e. The number of hydrogen-bond acceptors (Lipinski definition) is 5. The SMILES string of the molecule is CN1C(=O)c2ccnc(N3CCN(C(=O)C#Cc4ccccc4)CC3)c2C1=O. The van der Waals surface area contributed by atoms with Gasteiger partial charge in [0.25, 0.3) is 17.7 Å². The van der Waals surface area contributed by atoms with Crippen LogP contribution < -0.4 is 4.90 Å². The maximum absolute atomic E-state index is 12.4. The zero-order valence-electron chi connectivity index (χ0n) is 15.4. The van der Waals surface area contributed by atoms with Crippen LogP contribution in [0, 0.1) is 11.8 Å². The molecule has 3 amide bonds. The Morgan fingerprint density at radius 1 is 1.00 bits per heavy atom. The number of nitrogens with zero attached hydrogens (tertiary/aromatic N) is 4. The van der Waals surface area contributed by atoms with Crippen molar-refractivity contribution >= 4 is 23.5 Å². The molecule has 2 aromatic rings. The van der Waals surface area contributed by atoms with Gasteiger partial charge in [-0.3, -0.25) is 19.3 Å². The second-order valence-electron chi connectivity index (χ2n) is 6.62. The van der Waals surface area contributed by atoms with Crippen molar-refractivity contribution in [2.45, 2.75) is 0 Å². The summed E-state index contributed by atoms with van der Waals surface area (Å²) in [4.78, 5) is 46.0. The third-order valence-electron chi connectivity index (χ3n) is 4.94. The lowest BCUT2D eigenvalue weighted by molar-refractivity contribution is -0.125. The van der Waals surface area contributed by atoms with Crippen LogP contribution in [0.3, 0.4) is 0 Å². The molecule has 7 heteroatoms. The first-order valence-electron chi connectivity index (χ1n) is 8.98. The Balaban J connectivity index is 1.46. The molecule has 1 fully saturated rings. The summed E-state index contributed by atoms with van der Waals surface area (Å²) in [5, 5.41) is 0. The summed E-state index contributed by atoms with van der Waals surface area (Å²) >= 11 is 0. The summed E-state index contributed by atoms with van der Waals surface area (Å²) in [6.45, 7) is 2.00. The first-order chi connectivity index (χ1) is 13.6. The molecular weight excluding hydrogens is 356 g/mol. The van der Waals surface area contributed by atoms with Gasteiger partial charge in [0.2, 0.25) is 0 Å². The fourth-order valence-corrected chi connectivity index (χ4v) is 3.37. The molecule has 0 spiro atoms. The first-order valence-corrected chi connectivity index (χ1v) is 8.98. The van der Waals surface area contributed by atoms with Gasteiger partial charge in [-0.2, -0.15) is 0 Å². The average Bonchev–Trinajstić information content (AvgIpc) is 2.97. The van der Waals surface area contributed by atoms with E-state index in [1.807, 2.05) is 35.2 Å². The van der Waals surface area contributed by atoms with Gasteiger partial charge in [0.1, 0.15) is 5.82 Å². The third kappa shape index (κ3) is 3.09. The highest BCUT2D eigenvalue weighted by Crippen LogP contribution is 2.29. The predicted molar refractivity (Wildman–Crippen MR) is 103 cm³/mol. The van der Waals surface area contributed by atoms with Gasteiger partial charge in [0.05, 0.1) is 11.1 Å². The van der Waals surface area contributed by atoms with E-state index in [1.54, 1.807) is 17.2 Å². The van der Waals surface area contributed by atoms with Crippen LogP contribution in [0.4, 0.5) is 5.82 Å². The molecule has 140 valence electrons. The molecular formula is C21H18N4O3. The summed E-state index contributed by atoms with van der Waals surface area (Å²) in [5.74, 6) is 5.19. The normalized spacial score (nSPS) is 16.0. The number of aromatic nitrogens is 1. The van der Waals surface area contributed by atoms with Crippen LogP contribution in [0.25, 0.3) is 0 Å². The van der Waals surface area contributed by atoms with Crippen LogP contribution in [-0.2, 0) is 4.79 Å². The van der Waals surface area contributed by atoms with Gasteiger partial charge in [-0.1, -0.05) is 24.1 Å². The predicted octanol–water partition coefficient (Wildman–Crippen LogP) is 1.01.